The Morgan fingerprint density at radius 1 is 1.00 bits per heavy atom. The number of aliphatic hydroxyl groups is 5. The molecule has 2 aliphatic carbocycles. The Kier molecular flexibility index (Phi) is 12.0. The second kappa shape index (κ2) is 16.8. The van der Waals surface area contributed by atoms with Gasteiger partial charge in [-0.15, -0.1) is 0 Å². The van der Waals surface area contributed by atoms with Crippen LogP contribution in [0.25, 0.3) is 6.08 Å². The molecule has 4 heterocycles. The Bertz CT molecular complexity index is 1930. The first kappa shape index (κ1) is 42.8. The van der Waals surface area contributed by atoms with Crippen molar-refractivity contribution in [3.05, 3.63) is 76.9 Å². The van der Waals surface area contributed by atoms with Gasteiger partial charge in [-0.05, 0) is 49.4 Å². The Balaban J connectivity index is 1.02. The molecule has 6 N–H and O–H groups in total. The van der Waals surface area contributed by atoms with Gasteiger partial charge in [0.2, 0.25) is 5.91 Å². The lowest BCUT2D eigenvalue weighted by molar-refractivity contribution is -0.298. The maximum atomic E-state index is 14.8. The summed E-state index contributed by atoms with van der Waals surface area (Å²) in [6.07, 6.45) is -5.78. The van der Waals surface area contributed by atoms with E-state index in [1.54, 1.807) is 32.9 Å². The summed E-state index contributed by atoms with van der Waals surface area (Å²) in [4.78, 5) is 48.3. The van der Waals surface area contributed by atoms with E-state index >= 15 is 0 Å². The van der Waals surface area contributed by atoms with Gasteiger partial charge in [-0.2, -0.15) is 5.06 Å². The summed E-state index contributed by atoms with van der Waals surface area (Å²) in [6.45, 7) is 4.27. The number of carbonyl (C=O) groups excluding carboxylic acids is 3. The third-order valence-electron chi connectivity index (χ3n) is 12.2. The summed E-state index contributed by atoms with van der Waals surface area (Å²) >= 11 is 0. The average molecular weight is 839 g/mol. The van der Waals surface area contributed by atoms with Crippen LogP contribution in [-0.2, 0) is 67.0 Å². The van der Waals surface area contributed by atoms with Gasteiger partial charge in [0, 0.05) is 25.7 Å². The van der Waals surface area contributed by atoms with E-state index in [-0.39, 0.29) is 32.4 Å². The van der Waals surface area contributed by atoms with Crippen LogP contribution in [0.3, 0.4) is 0 Å². The Morgan fingerprint density at radius 2 is 1.73 bits per heavy atom. The number of rotatable bonds is 13. The van der Waals surface area contributed by atoms with Gasteiger partial charge >= 0.3 is 11.9 Å². The highest BCUT2D eigenvalue weighted by Gasteiger charge is 2.76. The van der Waals surface area contributed by atoms with Gasteiger partial charge in [-0.3, -0.25) is 19.2 Å². The van der Waals surface area contributed by atoms with Crippen molar-refractivity contribution in [1.29, 1.82) is 0 Å². The van der Waals surface area contributed by atoms with Gasteiger partial charge < -0.3 is 59.3 Å². The van der Waals surface area contributed by atoms with E-state index in [0.717, 1.165) is 22.3 Å². The number of esters is 2. The molecule has 4 saturated heterocycles. The van der Waals surface area contributed by atoms with Gasteiger partial charge in [-0.1, -0.05) is 60.7 Å². The van der Waals surface area contributed by atoms with Crippen LogP contribution in [0.1, 0.15) is 62.3 Å². The molecule has 0 radical (unpaired) electrons. The van der Waals surface area contributed by atoms with E-state index < -0.39 is 115 Å². The van der Waals surface area contributed by atoms with Crippen molar-refractivity contribution in [3.63, 3.8) is 0 Å². The van der Waals surface area contributed by atoms with Crippen LogP contribution in [0.4, 0.5) is 0 Å². The highest BCUT2D eigenvalue weighted by atomic mass is 16.8. The predicted molar refractivity (Wildman–Crippen MR) is 207 cm³/mol. The van der Waals surface area contributed by atoms with Crippen molar-refractivity contribution in [2.24, 2.45) is 5.41 Å². The summed E-state index contributed by atoms with van der Waals surface area (Å²) in [5.74, 6) is -2.69. The molecule has 1 spiro atoms. The van der Waals surface area contributed by atoms with Gasteiger partial charge in [0.1, 0.15) is 59.8 Å². The summed E-state index contributed by atoms with van der Waals surface area (Å²) in [6, 6.07) is 13.3. The van der Waals surface area contributed by atoms with Crippen LogP contribution >= 0.6 is 0 Å². The Hall–Kier alpha value is -3.85. The molecule has 17 heteroatoms. The van der Waals surface area contributed by atoms with Crippen LogP contribution < -0.4 is 5.32 Å². The van der Waals surface area contributed by atoms with Crippen LogP contribution in [0.5, 0.6) is 0 Å². The minimum absolute atomic E-state index is 0.0413. The molecule has 17 nitrogen and oxygen atoms in total. The molecule has 1 amide bonds. The Morgan fingerprint density at radius 3 is 2.43 bits per heavy atom. The molecule has 0 aromatic heterocycles. The number of nitrogens with zero attached hydrogens (tertiary/aromatic N) is 1. The number of nitrogens with one attached hydrogen (secondary N) is 1. The van der Waals surface area contributed by atoms with Crippen molar-refractivity contribution >= 4 is 23.9 Å². The van der Waals surface area contributed by atoms with Gasteiger partial charge in [0.15, 0.2) is 18.1 Å². The number of ether oxygens (including phenoxy) is 6. The molecule has 326 valence electrons. The smallest absolute Gasteiger partial charge is 0.327 e. The number of aliphatic hydroxyl groups excluding tert-OH is 5. The van der Waals surface area contributed by atoms with E-state index in [0.29, 0.717) is 12.8 Å². The second-order valence-electron chi connectivity index (χ2n) is 17.6. The fraction of sp³-hybridized carbons (Fsp3) is 0.605. The lowest BCUT2D eigenvalue weighted by atomic mass is 9.62. The number of benzene rings is 2. The minimum Gasteiger partial charge on any atom is -0.460 e. The summed E-state index contributed by atoms with van der Waals surface area (Å²) < 4.78 is 36.1. The minimum atomic E-state index is -1.56. The molecule has 12 atom stereocenters. The average Bonchev–Trinajstić information content (AvgIpc) is 3.88. The molecular formula is C43H54N2O15. The number of hydrogen-bond acceptors (Lipinski definition) is 16. The first-order valence-corrected chi connectivity index (χ1v) is 20.5. The maximum absolute atomic E-state index is 14.8. The molecular weight excluding hydrogens is 784 g/mol. The van der Waals surface area contributed by atoms with Gasteiger partial charge in [0.05, 0.1) is 32.4 Å². The number of amides is 1. The van der Waals surface area contributed by atoms with Crippen LogP contribution in [0.2, 0.25) is 0 Å². The first-order chi connectivity index (χ1) is 28.6. The molecule has 6 aliphatic rings. The topological polar surface area (TPSA) is 232 Å². The molecule has 2 aromatic rings. The summed E-state index contributed by atoms with van der Waals surface area (Å²) in [5.41, 5.74) is 1.42. The van der Waals surface area contributed by atoms with Crippen molar-refractivity contribution < 1.29 is 73.2 Å². The molecule has 1 saturated carbocycles. The van der Waals surface area contributed by atoms with Crippen LogP contribution in [0.15, 0.2) is 54.6 Å². The second-order valence-corrected chi connectivity index (χ2v) is 17.6. The molecule has 60 heavy (non-hydrogen) atoms. The predicted octanol–water partition coefficient (Wildman–Crippen LogP) is 0.194. The van der Waals surface area contributed by atoms with Crippen molar-refractivity contribution in [1.82, 2.24) is 10.4 Å². The molecule has 5 fully saturated rings. The summed E-state index contributed by atoms with van der Waals surface area (Å²) in [7, 11) is 0. The Labute approximate surface area is 347 Å². The third kappa shape index (κ3) is 8.13. The SMILES string of the molecule is CC(C)(C)OC(=O)CC[C@@H](CO)NC(=O)[C@@]12C[C@H]3OC(=O)[C@@H]1N(Cc1cccc(C=CCO[C@H]4O[C@H](CO)[C@H](O)[C@H](O)[C@H]4O)c1)O[C@@H]2[C@H]1OC2(Cc4ccccc4C2)O[C@H]13. The van der Waals surface area contributed by atoms with Crippen molar-refractivity contribution in [3.8, 4) is 0 Å². The molecule has 8 rings (SSSR count). The fourth-order valence-corrected chi connectivity index (χ4v) is 9.49. The number of fused-ring (bicyclic) bond motifs is 5. The van der Waals surface area contributed by atoms with Gasteiger partial charge in [-0.25, -0.2) is 0 Å². The number of hydrogen-bond donors (Lipinski definition) is 6. The largest absolute Gasteiger partial charge is 0.460 e. The number of hydroxylamine groups is 2. The highest BCUT2D eigenvalue weighted by Crippen LogP contribution is 2.58. The third-order valence-corrected chi connectivity index (χ3v) is 12.2. The zero-order valence-corrected chi connectivity index (χ0v) is 33.8. The van der Waals surface area contributed by atoms with Crippen molar-refractivity contribution in [2.75, 3.05) is 19.8 Å². The molecule has 2 bridgehead atoms. The normalized spacial score (nSPS) is 34.6. The zero-order valence-electron chi connectivity index (χ0n) is 33.8. The first-order valence-electron chi connectivity index (χ1n) is 20.5. The quantitative estimate of drug-likeness (QED) is 0.148. The van der Waals surface area contributed by atoms with Gasteiger partial charge in [0.25, 0.3) is 0 Å². The van der Waals surface area contributed by atoms with E-state index in [2.05, 4.69) is 5.32 Å². The monoisotopic (exact) mass is 838 g/mol. The van der Waals surface area contributed by atoms with E-state index in [4.69, 9.17) is 33.3 Å². The van der Waals surface area contributed by atoms with E-state index in [1.165, 1.54) is 5.06 Å². The molecule has 4 aliphatic heterocycles. The van der Waals surface area contributed by atoms with Crippen LogP contribution in [0, 0.1) is 5.41 Å². The fourth-order valence-electron chi connectivity index (χ4n) is 9.49. The van der Waals surface area contributed by atoms with E-state index in [1.807, 2.05) is 48.5 Å². The zero-order chi connectivity index (χ0) is 42.6. The standard InChI is InChI=1S/C43H54N2O15/c1-41(2,3)57-30(48)14-13-27(21-46)44-40(53)43-19-28-34-35(59-42(58-34)17-25-11-4-5-12-26(25)18-42)37(43)60-45(36(43)38(52)55-28)20-24-9-6-8-23(16-24)10-7-15-54-39-33(51)32(50)31(49)29(22-47)56-39/h4-12,16,27-29,31-37,39,46-47,49-51H,13-15,17-22H2,1-3H3,(H,44,53)/t27-,28+,29+,31-,32-,33+,34-,35-,36-,37+,39-,43-/m0/s1. The lowest BCUT2D eigenvalue weighted by Gasteiger charge is -2.49. The highest BCUT2D eigenvalue weighted by molar-refractivity contribution is 5.94. The summed E-state index contributed by atoms with van der Waals surface area (Å²) in [5, 5.41) is 54.7. The van der Waals surface area contributed by atoms with Crippen LogP contribution in [-0.4, -0.2) is 147 Å². The van der Waals surface area contributed by atoms with Crippen molar-refractivity contribution in [2.45, 2.75) is 138 Å². The maximum Gasteiger partial charge on any atom is 0.327 e. The molecule has 0 unspecified atom stereocenters. The molecule has 2 aromatic carbocycles. The number of carbonyl (C=O) groups is 3. The lowest BCUT2D eigenvalue weighted by Crippen LogP contribution is -2.70. The van der Waals surface area contributed by atoms with E-state index in [9.17, 15) is 39.9 Å².